The van der Waals surface area contributed by atoms with Crippen molar-refractivity contribution in [2.75, 3.05) is 0 Å². The number of Topliss-reactive ketones (excluding diaryl/α,β-unsaturated/α-hetero) is 1. The first-order valence-electron chi connectivity index (χ1n) is 11.7. The van der Waals surface area contributed by atoms with Gasteiger partial charge in [0.1, 0.15) is 5.92 Å². The number of fused-ring (bicyclic) bond motifs is 5. The molecule has 4 aliphatic carbocycles. The Hall–Kier alpha value is -1.81. The van der Waals surface area contributed by atoms with Crippen LogP contribution in [0.5, 0.6) is 0 Å². The molecule has 6 nitrogen and oxygen atoms in total. The smallest absolute Gasteiger partial charge is 0.231 e. The van der Waals surface area contributed by atoms with E-state index in [2.05, 4.69) is 29.2 Å². The van der Waals surface area contributed by atoms with Crippen LogP contribution in [0.1, 0.15) is 86.0 Å². The van der Waals surface area contributed by atoms with E-state index in [1.54, 1.807) is 0 Å². The highest BCUT2D eigenvalue weighted by atomic mass is 16.2. The molecule has 3 fully saturated rings. The molecule has 1 N–H and O–H groups in total. The van der Waals surface area contributed by atoms with Crippen LogP contribution < -0.4 is 5.32 Å². The number of hydrogen-bond donors (Lipinski definition) is 1. The molecule has 0 radical (unpaired) electrons. The van der Waals surface area contributed by atoms with Crippen LogP contribution in [-0.2, 0) is 9.59 Å². The van der Waals surface area contributed by atoms with Gasteiger partial charge in [0, 0.05) is 10.5 Å². The lowest BCUT2D eigenvalue weighted by molar-refractivity contribution is -0.137. The maximum absolute atomic E-state index is 13.2. The summed E-state index contributed by atoms with van der Waals surface area (Å²) in [6.45, 7) is 10.5. The van der Waals surface area contributed by atoms with E-state index >= 15 is 0 Å². The van der Waals surface area contributed by atoms with Crippen molar-refractivity contribution >= 4 is 11.7 Å². The molecule has 4 rings (SSSR count). The van der Waals surface area contributed by atoms with Gasteiger partial charge in [-0.25, -0.2) is 0 Å². The normalized spacial score (nSPS) is 40.8. The first-order chi connectivity index (χ1) is 14.0. The van der Waals surface area contributed by atoms with Crippen molar-refractivity contribution in [3.8, 4) is 0 Å². The molecule has 0 aliphatic heterocycles. The van der Waals surface area contributed by atoms with Crippen LogP contribution in [0.4, 0.5) is 0 Å². The Morgan fingerprint density at radius 2 is 1.90 bits per heavy atom. The highest BCUT2D eigenvalue weighted by Crippen LogP contribution is 2.66. The van der Waals surface area contributed by atoms with Gasteiger partial charge in [0.15, 0.2) is 5.78 Å². The zero-order valence-electron chi connectivity index (χ0n) is 19.1. The van der Waals surface area contributed by atoms with Crippen LogP contribution in [0.15, 0.2) is 16.4 Å². The minimum Gasteiger partial charge on any atom is -0.351 e. The van der Waals surface area contributed by atoms with Gasteiger partial charge >= 0.3 is 0 Å². The van der Waals surface area contributed by atoms with Crippen molar-refractivity contribution < 1.29 is 9.59 Å². The summed E-state index contributed by atoms with van der Waals surface area (Å²) in [5.41, 5.74) is 10.2. The summed E-state index contributed by atoms with van der Waals surface area (Å²) in [6.07, 6.45) is 8.77. The molecular weight excluding hydrogens is 376 g/mol. The topological polar surface area (TPSA) is 94.9 Å². The molecule has 6 heteroatoms. The zero-order valence-corrected chi connectivity index (χ0v) is 19.1. The number of nitrogens with zero attached hydrogens (tertiary/aromatic N) is 3. The lowest BCUT2D eigenvalue weighted by atomic mass is 9.46. The SMILES string of the molecule is CC(C)(C)NC(=O)C1C[C@@]2(C)C(=C(N=[N+]=[N-])C1=O)CC[C@@H]1[C@H]2CC[C@]2(C)CCC[C@@H]12. The number of carbonyl (C=O) groups is 2. The number of nitrogens with one attached hydrogen (secondary N) is 1. The first-order valence-corrected chi connectivity index (χ1v) is 11.7. The van der Waals surface area contributed by atoms with E-state index in [1.807, 2.05) is 20.8 Å². The van der Waals surface area contributed by atoms with E-state index in [-0.39, 0.29) is 22.8 Å². The molecule has 0 heterocycles. The average molecular weight is 413 g/mol. The number of azide groups is 1. The summed E-state index contributed by atoms with van der Waals surface area (Å²) >= 11 is 0. The molecule has 1 amide bonds. The van der Waals surface area contributed by atoms with Gasteiger partial charge in [-0.2, -0.15) is 0 Å². The Kier molecular flexibility index (Phi) is 5.08. The highest BCUT2D eigenvalue weighted by Gasteiger charge is 2.59. The number of allylic oxidation sites excluding steroid dienone is 1. The molecule has 0 aromatic carbocycles. The summed E-state index contributed by atoms with van der Waals surface area (Å²) in [4.78, 5) is 29.3. The predicted octanol–water partition coefficient (Wildman–Crippen LogP) is 5.69. The summed E-state index contributed by atoms with van der Waals surface area (Å²) in [5, 5.41) is 6.86. The first kappa shape index (κ1) is 21.4. The second kappa shape index (κ2) is 7.12. The minimum atomic E-state index is -0.769. The Labute approximate surface area is 179 Å². The molecule has 30 heavy (non-hydrogen) atoms. The molecular formula is C24H36N4O2. The van der Waals surface area contributed by atoms with Crippen molar-refractivity contribution in [1.82, 2.24) is 5.32 Å². The van der Waals surface area contributed by atoms with Crippen LogP contribution >= 0.6 is 0 Å². The molecule has 3 saturated carbocycles. The number of carbonyl (C=O) groups excluding carboxylic acids is 2. The monoisotopic (exact) mass is 412 g/mol. The largest absolute Gasteiger partial charge is 0.351 e. The van der Waals surface area contributed by atoms with Crippen molar-refractivity contribution in [3.63, 3.8) is 0 Å². The summed E-state index contributed by atoms with van der Waals surface area (Å²) in [6, 6.07) is 0. The molecule has 0 bridgehead atoms. The summed E-state index contributed by atoms with van der Waals surface area (Å²) in [7, 11) is 0. The number of amides is 1. The van der Waals surface area contributed by atoms with Gasteiger partial charge in [-0.05, 0) is 99.8 Å². The van der Waals surface area contributed by atoms with E-state index in [0.717, 1.165) is 30.8 Å². The van der Waals surface area contributed by atoms with Crippen LogP contribution in [0, 0.1) is 34.5 Å². The van der Waals surface area contributed by atoms with Gasteiger partial charge < -0.3 is 5.32 Å². The fraction of sp³-hybridized carbons (Fsp3) is 0.833. The van der Waals surface area contributed by atoms with Gasteiger partial charge in [-0.1, -0.05) is 31.0 Å². The van der Waals surface area contributed by atoms with Gasteiger partial charge in [-0.15, -0.1) is 0 Å². The van der Waals surface area contributed by atoms with E-state index in [0.29, 0.717) is 23.7 Å². The maximum Gasteiger partial charge on any atom is 0.231 e. The molecule has 0 aromatic rings. The number of hydrogen-bond acceptors (Lipinski definition) is 3. The molecule has 0 spiro atoms. The van der Waals surface area contributed by atoms with Crippen molar-refractivity contribution in [2.24, 2.45) is 39.6 Å². The second-order valence-corrected chi connectivity index (χ2v) is 11.8. The lowest BCUT2D eigenvalue weighted by Gasteiger charge is -2.58. The van der Waals surface area contributed by atoms with Crippen molar-refractivity contribution in [2.45, 2.75) is 91.5 Å². The Balaban J connectivity index is 1.74. The predicted molar refractivity (Wildman–Crippen MR) is 116 cm³/mol. The Morgan fingerprint density at radius 3 is 2.57 bits per heavy atom. The summed E-state index contributed by atoms with van der Waals surface area (Å²) < 4.78 is 0. The highest BCUT2D eigenvalue weighted by molar-refractivity contribution is 6.11. The van der Waals surface area contributed by atoms with E-state index in [4.69, 9.17) is 0 Å². The average Bonchev–Trinajstić information content (AvgIpc) is 3.04. The van der Waals surface area contributed by atoms with E-state index in [1.165, 1.54) is 25.7 Å². The number of rotatable bonds is 2. The molecule has 6 atom stereocenters. The van der Waals surface area contributed by atoms with Gasteiger partial charge in [0.05, 0.1) is 5.70 Å². The second-order valence-electron chi connectivity index (χ2n) is 11.8. The number of ketones is 1. The Morgan fingerprint density at radius 1 is 1.17 bits per heavy atom. The minimum absolute atomic E-state index is 0.234. The summed E-state index contributed by atoms with van der Waals surface area (Å²) in [5.74, 6) is 0.557. The van der Waals surface area contributed by atoms with Crippen molar-refractivity contribution in [3.05, 3.63) is 21.7 Å². The lowest BCUT2D eigenvalue weighted by Crippen LogP contribution is -2.54. The third-order valence-corrected chi connectivity index (χ3v) is 8.88. The molecule has 0 saturated heterocycles. The molecule has 164 valence electrons. The molecule has 0 aromatic heterocycles. The third kappa shape index (κ3) is 3.28. The third-order valence-electron chi connectivity index (χ3n) is 8.88. The fourth-order valence-corrected chi connectivity index (χ4v) is 7.61. The van der Waals surface area contributed by atoms with E-state index in [9.17, 15) is 15.1 Å². The molecule has 1 unspecified atom stereocenters. The quantitative estimate of drug-likeness (QED) is 0.273. The van der Waals surface area contributed by atoms with Crippen LogP contribution in [-0.4, -0.2) is 17.2 Å². The fourth-order valence-electron chi connectivity index (χ4n) is 7.61. The van der Waals surface area contributed by atoms with E-state index < -0.39 is 11.5 Å². The van der Waals surface area contributed by atoms with Gasteiger partial charge in [0.25, 0.3) is 0 Å². The van der Waals surface area contributed by atoms with Crippen LogP contribution in [0.3, 0.4) is 0 Å². The van der Waals surface area contributed by atoms with Crippen LogP contribution in [0.25, 0.3) is 10.4 Å². The Bertz CT molecular complexity index is 850. The van der Waals surface area contributed by atoms with Gasteiger partial charge in [0.2, 0.25) is 5.91 Å². The molecule has 4 aliphatic rings. The van der Waals surface area contributed by atoms with Crippen LogP contribution in [0.2, 0.25) is 0 Å². The zero-order chi connectivity index (χ0) is 21.9. The van der Waals surface area contributed by atoms with Crippen molar-refractivity contribution in [1.29, 1.82) is 0 Å². The van der Waals surface area contributed by atoms with Gasteiger partial charge in [-0.3, -0.25) is 9.59 Å². The standard InChI is InChI=1S/C24H36N4O2/c1-22(2,3)26-21(30)15-13-24(5)17-10-12-23(4)11-6-7-16(23)14(17)8-9-18(24)19(20(15)29)27-28-25/h14-17H,6-13H2,1-5H3,(H,26,30)/t14-,15?,16-,17+,23-,24+/m0/s1. The maximum atomic E-state index is 13.2.